The second-order valence-corrected chi connectivity index (χ2v) is 4.61. The van der Waals surface area contributed by atoms with E-state index in [0.29, 0.717) is 24.5 Å². The van der Waals surface area contributed by atoms with Crippen LogP contribution in [-0.4, -0.2) is 51.6 Å². The first-order chi connectivity index (χ1) is 9.82. The van der Waals surface area contributed by atoms with E-state index in [-0.39, 0.29) is 18.8 Å². The molecule has 0 fully saturated rings. The Morgan fingerprint density at radius 2 is 2.19 bits per heavy atom. The van der Waals surface area contributed by atoms with Crippen LogP contribution in [0, 0.1) is 24.0 Å². The summed E-state index contributed by atoms with van der Waals surface area (Å²) in [6.45, 7) is 4.38. The molecular formula is C11H20N6O4. The van der Waals surface area contributed by atoms with Crippen molar-refractivity contribution in [1.29, 1.82) is 0 Å². The summed E-state index contributed by atoms with van der Waals surface area (Å²) in [5.74, 6) is 0. The van der Waals surface area contributed by atoms with Crippen LogP contribution in [0.2, 0.25) is 0 Å². The number of primary amides is 1. The number of carbonyl (C=O) groups is 1. The number of hydrogen-bond acceptors (Lipinski definition) is 6. The lowest BCUT2D eigenvalue weighted by Gasteiger charge is -2.12. The molecule has 0 saturated heterocycles. The number of nitrogens with two attached hydrogens (primary N) is 1. The predicted octanol–water partition coefficient (Wildman–Crippen LogP) is -0.973. The van der Waals surface area contributed by atoms with Crippen LogP contribution in [0.3, 0.4) is 0 Å². The summed E-state index contributed by atoms with van der Waals surface area (Å²) < 4.78 is 1.42. The summed E-state index contributed by atoms with van der Waals surface area (Å²) in [4.78, 5) is 20.8. The van der Waals surface area contributed by atoms with Gasteiger partial charge in [0.05, 0.1) is 17.6 Å². The summed E-state index contributed by atoms with van der Waals surface area (Å²) in [6.07, 6.45) is -0.754. The number of aliphatic hydroxyl groups is 1. The quantitative estimate of drug-likeness (QED) is 0.276. The fourth-order valence-electron chi connectivity index (χ4n) is 1.94. The number of hydrogen-bond donors (Lipinski definition) is 4. The van der Waals surface area contributed by atoms with E-state index >= 15 is 0 Å². The summed E-state index contributed by atoms with van der Waals surface area (Å²) in [5.41, 5.74) is 5.61. The molecule has 10 heteroatoms. The van der Waals surface area contributed by atoms with Crippen LogP contribution in [0.1, 0.15) is 11.4 Å². The highest BCUT2D eigenvalue weighted by atomic mass is 16.6. The first-order valence-electron chi connectivity index (χ1n) is 6.43. The predicted molar refractivity (Wildman–Crippen MR) is 74.8 cm³/mol. The Hall–Kier alpha value is -2.20. The lowest BCUT2D eigenvalue weighted by molar-refractivity contribution is -0.386. The summed E-state index contributed by atoms with van der Waals surface area (Å²) >= 11 is 0. The third kappa shape index (κ3) is 5.00. The minimum absolute atomic E-state index is 0.0270. The van der Waals surface area contributed by atoms with Crippen molar-refractivity contribution >= 4 is 11.7 Å². The highest BCUT2D eigenvalue weighted by Gasteiger charge is 2.22. The van der Waals surface area contributed by atoms with Crippen LogP contribution in [0.15, 0.2) is 0 Å². The van der Waals surface area contributed by atoms with E-state index in [4.69, 9.17) is 5.73 Å². The number of urea groups is 1. The highest BCUT2D eigenvalue weighted by molar-refractivity contribution is 5.71. The van der Waals surface area contributed by atoms with E-state index in [9.17, 15) is 20.0 Å². The maximum Gasteiger partial charge on any atom is 0.312 e. The Morgan fingerprint density at radius 3 is 2.71 bits per heavy atom. The Kier molecular flexibility index (Phi) is 6.06. The van der Waals surface area contributed by atoms with Crippen molar-refractivity contribution in [1.82, 2.24) is 20.4 Å². The molecule has 0 saturated carbocycles. The highest BCUT2D eigenvalue weighted by Crippen LogP contribution is 2.21. The number of amides is 2. The van der Waals surface area contributed by atoms with Crippen LogP contribution >= 0.6 is 0 Å². The van der Waals surface area contributed by atoms with Gasteiger partial charge in [0.1, 0.15) is 11.4 Å². The molecule has 5 N–H and O–H groups in total. The average Bonchev–Trinajstić information content (AvgIpc) is 2.63. The first-order valence-corrected chi connectivity index (χ1v) is 6.43. The first kappa shape index (κ1) is 16.9. The van der Waals surface area contributed by atoms with Gasteiger partial charge in [0.15, 0.2) is 0 Å². The van der Waals surface area contributed by atoms with Gasteiger partial charge in [-0.3, -0.25) is 14.8 Å². The molecule has 1 rings (SSSR count). The van der Waals surface area contributed by atoms with Gasteiger partial charge in [-0.15, -0.1) is 0 Å². The minimum atomic E-state index is -0.754. The lowest BCUT2D eigenvalue weighted by Crippen LogP contribution is -2.38. The third-order valence-electron chi connectivity index (χ3n) is 2.89. The van der Waals surface area contributed by atoms with Crippen molar-refractivity contribution in [2.75, 3.05) is 19.6 Å². The van der Waals surface area contributed by atoms with Gasteiger partial charge in [0.25, 0.3) is 0 Å². The molecule has 0 spiro atoms. The molecule has 21 heavy (non-hydrogen) atoms. The van der Waals surface area contributed by atoms with Gasteiger partial charge in [-0.05, 0) is 13.8 Å². The van der Waals surface area contributed by atoms with Crippen molar-refractivity contribution in [2.24, 2.45) is 5.73 Å². The average molecular weight is 300 g/mol. The molecule has 0 aliphatic rings. The number of nitro groups is 1. The van der Waals surface area contributed by atoms with Gasteiger partial charge in [-0.1, -0.05) is 0 Å². The topological polar surface area (TPSA) is 148 Å². The largest absolute Gasteiger partial charge is 0.390 e. The van der Waals surface area contributed by atoms with Crippen LogP contribution in [-0.2, 0) is 6.54 Å². The van der Waals surface area contributed by atoms with Crippen LogP contribution in [0.5, 0.6) is 0 Å². The molecule has 0 aliphatic heterocycles. The molecule has 0 aromatic carbocycles. The van der Waals surface area contributed by atoms with E-state index in [1.54, 1.807) is 13.8 Å². The SMILES string of the molecule is Cc1nn(CC(O)CNCCNC(N)=O)c(C)c1[N+](=O)[O-]. The van der Waals surface area contributed by atoms with Gasteiger partial charge in [-0.25, -0.2) is 4.79 Å². The maximum absolute atomic E-state index is 10.9. The van der Waals surface area contributed by atoms with Gasteiger partial charge in [0.2, 0.25) is 0 Å². The Labute approximate surface area is 121 Å². The van der Waals surface area contributed by atoms with E-state index in [1.807, 2.05) is 0 Å². The number of aliphatic hydroxyl groups excluding tert-OH is 1. The standard InChI is InChI=1S/C11H20N6O4/c1-7-10(17(20)21)8(2)16(15-7)6-9(18)5-13-3-4-14-11(12)19/h9,13,18H,3-6H2,1-2H3,(H3,12,14,19). The van der Waals surface area contributed by atoms with E-state index in [0.717, 1.165) is 0 Å². The fourth-order valence-corrected chi connectivity index (χ4v) is 1.94. The smallest absolute Gasteiger partial charge is 0.312 e. The van der Waals surface area contributed by atoms with Crippen molar-refractivity contribution in [3.8, 4) is 0 Å². The number of aryl methyl sites for hydroxylation is 1. The zero-order chi connectivity index (χ0) is 16.0. The molecule has 118 valence electrons. The third-order valence-corrected chi connectivity index (χ3v) is 2.89. The Morgan fingerprint density at radius 1 is 1.52 bits per heavy atom. The van der Waals surface area contributed by atoms with Crippen molar-refractivity contribution in [2.45, 2.75) is 26.5 Å². The number of aromatic nitrogens is 2. The number of nitrogens with zero attached hydrogens (tertiary/aromatic N) is 3. The molecule has 0 radical (unpaired) electrons. The van der Waals surface area contributed by atoms with E-state index in [2.05, 4.69) is 15.7 Å². The van der Waals surface area contributed by atoms with Crippen LogP contribution in [0.25, 0.3) is 0 Å². The summed E-state index contributed by atoms with van der Waals surface area (Å²) in [5, 5.41) is 30.1. The molecule has 2 amide bonds. The molecule has 1 aromatic heterocycles. The molecule has 10 nitrogen and oxygen atoms in total. The second kappa shape index (κ2) is 7.55. The molecule has 1 unspecified atom stereocenters. The lowest BCUT2D eigenvalue weighted by atomic mass is 10.3. The van der Waals surface area contributed by atoms with Crippen LogP contribution < -0.4 is 16.4 Å². The van der Waals surface area contributed by atoms with Gasteiger partial charge >= 0.3 is 11.7 Å². The molecular weight excluding hydrogens is 280 g/mol. The summed E-state index contributed by atoms with van der Waals surface area (Å²) in [7, 11) is 0. The van der Waals surface area contributed by atoms with Crippen molar-refractivity contribution < 1.29 is 14.8 Å². The molecule has 1 atom stereocenters. The van der Waals surface area contributed by atoms with Crippen molar-refractivity contribution in [3.05, 3.63) is 21.5 Å². The van der Waals surface area contributed by atoms with Crippen LogP contribution in [0.4, 0.5) is 10.5 Å². The Balaban J connectivity index is 2.45. The molecule has 1 heterocycles. The zero-order valence-corrected chi connectivity index (χ0v) is 12.0. The Bertz CT molecular complexity index is 515. The number of carbonyl (C=O) groups excluding carboxylic acids is 1. The second-order valence-electron chi connectivity index (χ2n) is 4.61. The minimum Gasteiger partial charge on any atom is -0.390 e. The van der Waals surface area contributed by atoms with Gasteiger partial charge in [-0.2, -0.15) is 5.10 Å². The van der Waals surface area contributed by atoms with Gasteiger partial charge < -0.3 is 21.5 Å². The number of rotatable bonds is 8. The monoisotopic (exact) mass is 300 g/mol. The summed E-state index contributed by atoms with van der Waals surface area (Å²) in [6, 6.07) is -0.604. The maximum atomic E-state index is 10.9. The van der Waals surface area contributed by atoms with Crippen molar-refractivity contribution in [3.63, 3.8) is 0 Å². The molecule has 0 bridgehead atoms. The fraction of sp³-hybridized carbons (Fsp3) is 0.636. The van der Waals surface area contributed by atoms with Gasteiger partial charge in [0, 0.05) is 19.6 Å². The zero-order valence-electron chi connectivity index (χ0n) is 12.0. The normalized spacial score (nSPS) is 12.1. The molecule has 1 aromatic rings. The molecule has 0 aliphatic carbocycles. The van der Waals surface area contributed by atoms with E-state index < -0.39 is 17.1 Å². The number of nitrogens with one attached hydrogen (secondary N) is 2. The van der Waals surface area contributed by atoms with E-state index in [1.165, 1.54) is 4.68 Å².